The lowest BCUT2D eigenvalue weighted by molar-refractivity contribution is 0.116. The molecule has 3 rings (SSSR count). The van der Waals surface area contributed by atoms with Crippen molar-refractivity contribution in [1.82, 2.24) is 9.29 Å². The van der Waals surface area contributed by atoms with E-state index in [1.165, 1.54) is 16.4 Å². The smallest absolute Gasteiger partial charge is 0.295 e. The Labute approximate surface area is 183 Å². The van der Waals surface area contributed by atoms with Gasteiger partial charge in [0, 0.05) is 32.2 Å². The number of oxazole rings is 1. The van der Waals surface area contributed by atoms with Gasteiger partial charge in [0.1, 0.15) is 5.52 Å². The summed E-state index contributed by atoms with van der Waals surface area (Å²) < 4.78 is 33.6. The number of nitrogens with two attached hydrogens (primary N) is 1. The topological polar surface area (TPSA) is 122 Å². The molecule has 168 valence electrons. The molecule has 8 nitrogen and oxygen atoms in total. The molecule has 0 bridgehead atoms. The van der Waals surface area contributed by atoms with E-state index in [1.54, 1.807) is 13.1 Å². The Morgan fingerprint density at radius 1 is 1.16 bits per heavy atom. The molecule has 1 heterocycles. The number of aromatic nitrogens is 1. The number of sulfonamides is 1. The molecule has 4 N–H and O–H groups in total. The summed E-state index contributed by atoms with van der Waals surface area (Å²) in [6.07, 6.45) is -0.562. The number of anilines is 1. The molecule has 0 saturated heterocycles. The van der Waals surface area contributed by atoms with E-state index in [4.69, 9.17) is 10.2 Å². The Morgan fingerprint density at radius 3 is 2.52 bits per heavy atom. The number of hydrogen-bond acceptors (Lipinski definition) is 7. The first-order chi connectivity index (χ1) is 14.7. The van der Waals surface area contributed by atoms with E-state index in [0.29, 0.717) is 23.5 Å². The van der Waals surface area contributed by atoms with Gasteiger partial charge in [0.2, 0.25) is 10.0 Å². The van der Waals surface area contributed by atoms with Gasteiger partial charge in [0.15, 0.2) is 5.58 Å². The quantitative estimate of drug-likeness (QED) is 0.437. The van der Waals surface area contributed by atoms with Crippen molar-refractivity contribution in [1.29, 1.82) is 0 Å². The van der Waals surface area contributed by atoms with Crippen LogP contribution >= 0.6 is 0 Å². The van der Waals surface area contributed by atoms with Crippen LogP contribution in [0.25, 0.3) is 11.1 Å². The second-order valence-corrected chi connectivity index (χ2v) is 9.97. The second kappa shape index (κ2) is 9.78. The zero-order valence-electron chi connectivity index (χ0n) is 18.0. The molecule has 31 heavy (non-hydrogen) atoms. The van der Waals surface area contributed by atoms with Gasteiger partial charge >= 0.3 is 0 Å². The van der Waals surface area contributed by atoms with Crippen LogP contribution in [0.2, 0.25) is 0 Å². The molecule has 0 spiro atoms. The standard InChI is InChI=1S/C22H30N4O4S/c1-15(2)13-26(14-20(27)18(23)11-16-7-5-4-6-8-16)31(28,29)17-9-10-19-21(12-17)30-22(24-3)25-19/h4-10,12,15,18,20,27H,11,13-14,23H2,1-3H3,(H,24,25). The number of nitrogens with one attached hydrogen (secondary N) is 1. The molecule has 2 aromatic carbocycles. The van der Waals surface area contributed by atoms with Gasteiger partial charge in [-0.2, -0.15) is 9.29 Å². The molecular formula is C22H30N4O4S. The minimum atomic E-state index is -3.88. The maximum Gasteiger partial charge on any atom is 0.295 e. The van der Waals surface area contributed by atoms with Gasteiger partial charge in [-0.1, -0.05) is 44.2 Å². The van der Waals surface area contributed by atoms with Crippen LogP contribution in [0.3, 0.4) is 0 Å². The van der Waals surface area contributed by atoms with Crippen LogP contribution in [0.4, 0.5) is 6.01 Å². The number of fused-ring (bicyclic) bond motifs is 1. The molecule has 0 radical (unpaired) electrons. The van der Waals surface area contributed by atoms with Gasteiger partial charge < -0.3 is 20.6 Å². The van der Waals surface area contributed by atoms with Gasteiger partial charge in [0.25, 0.3) is 6.01 Å². The monoisotopic (exact) mass is 446 g/mol. The van der Waals surface area contributed by atoms with E-state index in [2.05, 4.69) is 10.3 Å². The zero-order chi connectivity index (χ0) is 22.6. The number of benzene rings is 2. The first kappa shape index (κ1) is 23.2. The third-order valence-electron chi connectivity index (χ3n) is 4.98. The molecule has 0 fully saturated rings. The van der Waals surface area contributed by atoms with Crippen LogP contribution in [0.5, 0.6) is 0 Å². The minimum Gasteiger partial charge on any atom is -0.424 e. The van der Waals surface area contributed by atoms with E-state index in [1.807, 2.05) is 44.2 Å². The summed E-state index contributed by atoms with van der Waals surface area (Å²) in [4.78, 5) is 4.30. The van der Waals surface area contributed by atoms with E-state index in [-0.39, 0.29) is 23.9 Å². The summed E-state index contributed by atoms with van der Waals surface area (Å²) in [7, 11) is -2.20. The Morgan fingerprint density at radius 2 is 1.87 bits per heavy atom. The Kier molecular flexibility index (Phi) is 7.32. The number of hydrogen-bond donors (Lipinski definition) is 3. The minimum absolute atomic E-state index is 0.0669. The van der Waals surface area contributed by atoms with Crippen LogP contribution in [0, 0.1) is 5.92 Å². The average molecular weight is 447 g/mol. The molecule has 2 atom stereocenters. The summed E-state index contributed by atoms with van der Waals surface area (Å²) in [5.41, 5.74) is 8.12. The molecule has 0 amide bonds. The molecule has 0 saturated carbocycles. The van der Waals surface area contributed by atoms with Crippen molar-refractivity contribution in [2.75, 3.05) is 25.5 Å². The summed E-state index contributed by atoms with van der Waals surface area (Å²) in [5.74, 6) is 0.0669. The molecule has 1 aromatic heterocycles. The first-order valence-corrected chi connectivity index (χ1v) is 11.7. The predicted octanol–water partition coefficient (Wildman–Crippen LogP) is 2.45. The van der Waals surface area contributed by atoms with E-state index in [0.717, 1.165) is 5.56 Å². The first-order valence-electron chi connectivity index (χ1n) is 10.3. The molecule has 0 aliphatic heterocycles. The van der Waals surface area contributed by atoms with E-state index in [9.17, 15) is 13.5 Å². The summed E-state index contributed by atoms with van der Waals surface area (Å²) in [5, 5.41) is 13.5. The van der Waals surface area contributed by atoms with Crippen LogP contribution in [0.1, 0.15) is 19.4 Å². The molecule has 2 unspecified atom stereocenters. The summed E-state index contributed by atoms with van der Waals surface area (Å²) in [6.45, 7) is 4.02. The summed E-state index contributed by atoms with van der Waals surface area (Å²) >= 11 is 0. The van der Waals surface area contributed by atoms with Gasteiger partial charge in [-0.3, -0.25) is 0 Å². The highest BCUT2D eigenvalue weighted by Gasteiger charge is 2.30. The number of nitrogens with zero attached hydrogens (tertiary/aromatic N) is 2. The maximum atomic E-state index is 13.4. The third-order valence-corrected chi connectivity index (χ3v) is 6.81. The zero-order valence-corrected chi connectivity index (χ0v) is 18.8. The van der Waals surface area contributed by atoms with Crippen LogP contribution in [-0.2, 0) is 16.4 Å². The highest BCUT2D eigenvalue weighted by Crippen LogP contribution is 2.25. The fourth-order valence-electron chi connectivity index (χ4n) is 3.37. The van der Waals surface area contributed by atoms with Gasteiger partial charge in [0.05, 0.1) is 11.0 Å². The van der Waals surface area contributed by atoms with Crippen LogP contribution in [-0.4, -0.2) is 55.1 Å². The van der Waals surface area contributed by atoms with Crippen molar-refractivity contribution < 1.29 is 17.9 Å². The lowest BCUT2D eigenvalue weighted by Gasteiger charge is -2.28. The highest BCUT2D eigenvalue weighted by atomic mass is 32.2. The number of rotatable bonds is 10. The highest BCUT2D eigenvalue weighted by molar-refractivity contribution is 7.89. The van der Waals surface area contributed by atoms with Crippen LogP contribution < -0.4 is 11.1 Å². The number of aliphatic hydroxyl groups excluding tert-OH is 1. The maximum absolute atomic E-state index is 13.4. The largest absolute Gasteiger partial charge is 0.424 e. The molecule has 0 aliphatic carbocycles. The van der Waals surface area contributed by atoms with Gasteiger partial charge in [-0.05, 0) is 30.0 Å². The van der Waals surface area contributed by atoms with Crippen LogP contribution in [0.15, 0.2) is 57.8 Å². The Balaban J connectivity index is 1.83. The molecule has 0 aliphatic rings. The molecular weight excluding hydrogens is 416 g/mol. The lowest BCUT2D eigenvalue weighted by Crippen LogP contribution is -2.47. The molecule has 3 aromatic rings. The lowest BCUT2D eigenvalue weighted by atomic mass is 10.0. The second-order valence-electron chi connectivity index (χ2n) is 8.04. The fourth-order valence-corrected chi connectivity index (χ4v) is 5.00. The van der Waals surface area contributed by atoms with Crippen molar-refractivity contribution in [3.05, 3.63) is 54.1 Å². The normalized spacial score (nSPS) is 14.3. The number of aliphatic hydroxyl groups is 1. The van der Waals surface area contributed by atoms with Crippen molar-refractivity contribution in [2.45, 2.75) is 37.3 Å². The van der Waals surface area contributed by atoms with E-state index >= 15 is 0 Å². The fraction of sp³-hybridized carbons (Fsp3) is 0.409. The molecule has 9 heteroatoms. The average Bonchev–Trinajstić information content (AvgIpc) is 3.16. The third kappa shape index (κ3) is 5.62. The van der Waals surface area contributed by atoms with Crippen molar-refractivity contribution in [3.8, 4) is 0 Å². The van der Waals surface area contributed by atoms with Gasteiger partial charge in [-0.15, -0.1) is 0 Å². The predicted molar refractivity (Wildman–Crippen MR) is 121 cm³/mol. The Bertz CT molecular complexity index is 1100. The summed E-state index contributed by atoms with van der Waals surface area (Å²) in [6, 6.07) is 13.9. The Hall–Kier alpha value is -2.46. The SMILES string of the molecule is CNc1nc2ccc(S(=O)(=O)N(CC(C)C)CC(O)C(N)Cc3ccccc3)cc2o1. The van der Waals surface area contributed by atoms with Crippen molar-refractivity contribution in [3.63, 3.8) is 0 Å². The van der Waals surface area contributed by atoms with Crippen molar-refractivity contribution in [2.24, 2.45) is 11.7 Å². The van der Waals surface area contributed by atoms with Crippen molar-refractivity contribution >= 4 is 27.1 Å². The van der Waals surface area contributed by atoms with Gasteiger partial charge in [-0.25, -0.2) is 8.42 Å². The van der Waals surface area contributed by atoms with E-state index < -0.39 is 22.2 Å².